The quantitative estimate of drug-likeness (QED) is 0.217. The number of nitrogens with zero attached hydrogens (tertiary/aromatic N) is 1. The Morgan fingerprint density at radius 3 is 1.72 bits per heavy atom. The van der Waals surface area contributed by atoms with Gasteiger partial charge in [-0.05, 0) is 73.1 Å². The van der Waals surface area contributed by atoms with E-state index in [1.54, 1.807) is 0 Å². The second kappa shape index (κ2) is 15.9. The Balaban J connectivity index is 1.43. The molecule has 0 saturated heterocycles. The van der Waals surface area contributed by atoms with Crippen molar-refractivity contribution < 1.29 is 0 Å². The summed E-state index contributed by atoms with van der Waals surface area (Å²) in [7, 11) is 0. The summed E-state index contributed by atoms with van der Waals surface area (Å²) < 4.78 is 0. The average molecular weight is 486 g/mol. The summed E-state index contributed by atoms with van der Waals surface area (Å²) in [5, 5.41) is 9.93. The van der Waals surface area contributed by atoms with Gasteiger partial charge in [0, 0.05) is 0 Å². The molecule has 0 amide bonds. The Morgan fingerprint density at radius 2 is 1.17 bits per heavy atom. The van der Waals surface area contributed by atoms with Gasteiger partial charge < -0.3 is 0 Å². The van der Waals surface area contributed by atoms with Crippen molar-refractivity contribution in [3.8, 4) is 17.2 Å². The monoisotopic (exact) mass is 485 g/mol. The SMILES string of the molecule is CCCCCCCCCc1ccc(-c2ccc(C3CCC(C#N)(CCCCCCC)CC3)cc2)cc1. The van der Waals surface area contributed by atoms with Gasteiger partial charge in [0.25, 0.3) is 0 Å². The molecule has 2 aromatic rings. The van der Waals surface area contributed by atoms with Crippen molar-refractivity contribution in [3.05, 3.63) is 59.7 Å². The van der Waals surface area contributed by atoms with Crippen molar-refractivity contribution >= 4 is 0 Å². The first-order valence-electron chi connectivity index (χ1n) is 15.3. The molecular formula is C35H51N. The van der Waals surface area contributed by atoms with Gasteiger partial charge in [0.05, 0.1) is 11.5 Å². The zero-order chi connectivity index (χ0) is 25.5. The molecule has 1 fully saturated rings. The summed E-state index contributed by atoms with van der Waals surface area (Å²) in [6, 6.07) is 21.3. The Morgan fingerprint density at radius 1 is 0.667 bits per heavy atom. The second-order valence-electron chi connectivity index (χ2n) is 11.5. The fraction of sp³-hybridized carbons (Fsp3) is 0.629. The summed E-state index contributed by atoms with van der Waals surface area (Å²) >= 11 is 0. The molecule has 0 aliphatic heterocycles. The number of rotatable bonds is 16. The first-order valence-corrected chi connectivity index (χ1v) is 15.3. The predicted molar refractivity (Wildman–Crippen MR) is 156 cm³/mol. The molecule has 0 N–H and O–H groups in total. The maximum absolute atomic E-state index is 9.93. The lowest BCUT2D eigenvalue weighted by molar-refractivity contribution is 0.223. The normalized spacial score (nSPS) is 19.8. The largest absolute Gasteiger partial charge is 0.198 e. The average Bonchev–Trinajstić information content (AvgIpc) is 2.93. The van der Waals surface area contributed by atoms with Crippen LogP contribution in [0, 0.1) is 16.7 Å². The van der Waals surface area contributed by atoms with Crippen LogP contribution in [0.1, 0.15) is 140 Å². The van der Waals surface area contributed by atoms with Gasteiger partial charge in [0.15, 0.2) is 0 Å². The van der Waals surface area contributed by atoms with Gasteiger partial charge in [-0.15, -0.1) is 0 Å². The lowest BCUT2D eigenvalue weighted by Crippen LogP contribution is -2.25. The molecular weight excluding hydrogens is 434 g/mol. The van der Waals surface area contributed by atoms with Crippen molar-refractivity contribution in [3.63, 3.8) is 0 Å². The van der Waals surface area contributed by atoms with Crippen molar-refractivity contribution in [2.45, 2.75) is 135 Å². The molecule has 3 rings (SSSR count). The highest BCUT2D eigenvalue weighted by Crippen LogP contribution is 2.45. The predicted octanol–water partition coefficient (Wildman–Crippen LogP) is 11.2. The number of nitriles is 1. The van der Waals surface area contributed by atoms with Crippen LogP contribution in [0.5, 0.6) is 0 Å². The molecule has 0 aromatic heterocycles. The third kappa shape index (κ3) is 9.10. The fourth-order valence-electron chi connectivity index (χ4n) is 6.09. The molecule has 0 heterocycles. The van der Waals surface area contributed by atoms with E-state index in [4.69, 9.17) is 0 Å². The second-order valence-corrected chi connectivity index (χ2v) is 11.5. The topological polar surface area (TPSA) is 23.8 Å². The van der Waals surface area contributed by atoms with Gasteiger partial charge in [-0.2, -0.15) is 5.26 Å². The van der Waals surface area contributed by atoms with Crippen LogP contribution in [0.4, 0.5) is 0 Å². The van der Waals surface area contributed by atoms with Crippen molar-refractivity contribution in [1.82, 2.24) is 0 Å². The number of hydrogen-bond acceptors (Lipinski definition) is 1. The molecule has 0 spiro atoms. The molecule has 36 heavy (non-hydrogen) atoms. The summed E-state index contributed by atoms with van der Waals surface area (Å²) in [6.45, 7) is 4.55. The van der Waals surface area contributed by atoms with Crippen LogP contribution in [0.3, 0.4) is 0 Å². The molecule has 1 heteroatoms. The van der Waals surface area contributed by atoms with Gasteiger partial charge in [-0.3, -0.25) is 0 Å². The van der Waals surface area contributed by atoms with E-state index >= 15 is 0 Å². The van der Waals surface area contributed by atoms with Gasteiger partial charge >= 0.3 is 0 Å². The summed E-state index contributed by atoms with van der Waals surface area (Å²) in [6.07, 6.45) is 22.9. The third-order valence-electron chi connectivity index (χ3n) is 8.68. The van der Waals surface area contributed by atoms with E-state index in [9.17, 15) is 5.26 Å². The van der Waals surface area contributed by atoms with Crippen molar-refractivity contribution in [2.75, 3.05) is 0 Å². The molecule has 1 nitrogen and oxygen atoms in total. The Labute approximate surface area is 222 Å². The zero-order valence-corrected chi connectivity index (χ0v) is 23.4. The third-order valence-corrected chi connectivity index (χ3v) is 8.68. The summed E-state index contributed by atoms with van der Waals surface area (Å²) in [4.78, 5) is 0. The van der Waals surface area contributed by atoms with Gasteiger partial charge in [0.1, 0.15) is 0 Å². The molecule has 0 bridgehead atoms. The maximum Gasteiger partial charge on any atom is 0.0689 e. The van der Waals surface area contributed by atoms with Crippen LogP contribution in [0.2, 0.25) is 0 Å². The van der Waals surface area contributed by atoms with Crippen LogP contribution in [0.25, 0.3) is 11.1 Å². The minimum absolute atomic E-state index is 0.0561. The van der Waals surface area contributed by atoms with E-state index in [1.165, 1.54) is 106 Å². The molecule has 2 aromatic carbocycles. The first kappa shape index (κ1) is 28.5. The molecule has 196 valence electrons. The van der Waals surface area contributed by atoms with E-state index in [0.717, 1.165) is 32.1 Å². The van der Waals surface area contributed by atoms with Crippen LogP contribution in [0.15, 0.2) is 48.5 Å². The smallest absolute Gasteiger partial charge is 0.0689 e. The molecule has 1 saturated carbocycles. The van der Waals surface area contributed by atoms with E-state index in [1.807, 2.05) is 0 Å². The highest BCUT2D eigenvalue weighted by molar-refractivity contribution is 5.64. The molecule has 0 atom stereocenters. The summed E-state index contributed by atoms with van der Waals surface area (Å²) in [5.74, 6) is 0.616. The van der Waals surface area contributed by atoms with Crippen LogP contribution in [-0.4, -0.2) is 0 Å². The molecule has 0 radical (unpaired) electrons. The fourth-order valence-corrected chi connectivity index (χ4v) is 6.09. The Kier molecular flexibility index (Phi) is 12.6. The lowest BCUT2D eigenvalue weighted by atomic mass is 9.67. The molecule has 1 aliphatic carbocycles. The lowest BCUT2D eigenvalue weighted by Gasteiger charge is -2.35. The number of aryl methyl sites for hydroxylation is 1. The van der Waals surface area contributed by atoms with E-state index < -0.39 is 0 Å². The van der Waals surface area contributed by atoms with Crippen LogP contribution >= 0.6 is 0 Å². The number of hydrogen-bond donors (Lipinski definition) is 0. The molecule has 1 aliphatic rings. The molecule has 0 unspecified atom stereocenters. The first-order chi connectivity index (χ1) is 17.7. The highest BCUT2D eigenvalue weighted by atomic mass is 14.4. The minimum atomic E-state index is -0.0561. The van der Waals surface area contributed by atoms with Gasteiger partial charge in [0.2, 0.25) is 0 Å². The van der Waals surface area contributed by atoms with Crippen LogP contribution < -0.4 is 0 Å². The Bertz CT molecular complexity index is 878. The van der Waals surface area contributed by atoms with E-state index in [0.29, 0.717) is 5.92 Å². The summed E-state index contributed by atoms with van der Waals surface area (Å²) in [5.41, 5.74) is 5.51. The minimum Gasteiger partial charge on any atom is -0.198 e. The number of benzene rings is 2. The standard InChI is InChI=1S/C35H51N/c1-3-5-7-9-10-11-13-15-30-16-18-31(19-17-30)32-20-22-33(23-21-32)34-24-27-35(29-36,28-25-34)26-14-12-8-6-4-2/h16-23,34H,3-15,24-28H2,1-2H3. The van der Waals surface area contributed by atoms with Crippen molar-refractivity contribution in [2.24, 2.45) is 5.41 Å². The maximum atomic E-state index is 9.93. The van der Waals surface area contributed by atoms with E-state index in [2.05, 4.69) is 68.4 Å². The highest BCUT2D eigenvalue weighted by Gasteiger charge is 2.35. The number of unbranched alkanes of at least 4 members (excludes halogenated alkanes) is 10. The van der Waals surface area contributed by atoms with Crippen LogP contribution in [-0.2, 0) is 6.42 Å². The van der Waals surface area contributed by atoms with Gasteiger partial charge in [-0.1, -0.05) is 133 Å². The van der Waals surface area contributed by atoms with E-state index in [-0.39, 0.29) is 5.41 Å². The van der Waals surface area contributed by atoms with Gasteiger partial charge in [-0.25, -0.2) is 0 Å². The van der Waals surface area contributed by atoms with Crippen molar-refractivity contribution in [1.29, 1.82) is 5.26 Å². The zero-order valence-electron chi connectivity index (χ0n) is 23.4. The Hall–Kier alpha value is -2.07.